The van der Waals surface area contributed by atoms with E-state index >= 15 is 0 Å². The standard InChI is InChI=1S/C12H15FO/c1-2-5-9-8-12(9,14)10-6-3-4-7-11(10)13/h3-4,6-7,9,14H,2,5,8H2,1H3. The number of rotatable bonds is 3. The summed E-state index contributed by atoms with van der Waals surface area (Å²) >= 11 is 0. The van der Waals surface area contributed by atoms with Crippen LogP contribution in [0.4, 0.5) is 4.39 Å². The fraction of sp³-hybridized carbons (Fsp3) is 0.500. The zero-order valence-corrected chi connectivity index (χ0v) is 8.33. The molecule has 0 amide bonds. The second-order valence-electron chi connectivity index (χ2n) is 4.09. The summed E-state index contributed by atoms with van der Waals surface area (Å²) < 4.78 is 13.4. The van der Waals surface area contributed by atoms with Crippen LogP contribution in [0, 0.1) is 11.7 Å². The molecule has 1 saturated carbocycles. The van der Waals surface area contributed by atoms with Gasteiger partial charge < -0.3 is 5.11 Å². The number of aliphatic hydroxyl groups is 1. The van der Waals surface area contributed by atoms with E-state index in [0.29, 0.717) is 12.0 Å². The molecular formula is C12H15FO. The predicted octanol–water partition coefficient (Wildman–Crippen LogP) is 2.83. The van der Waals surface area contributed by atoms with Crippen molar-refractivity contribution < 1.29 is 9.50 Å². The molecule has 2 atom stereocenters. The molecule has 2 heteroatoms. The molecular weight excluding hydrogens is 179 g/mol. The van der Waals surface area contributed by atoms with Crippen LogP contribution in [0.2, 0.25) is 0 Å². The molecule has 1 nitrogen and oxygen atoms in total. The van der Waals surface area contributed by atoms with Crippen LogP contribution in [-0.4, -0.2) is 5.11 Å². The Hall–Kier alpha value is -0.890. The van der Waals surface area contributed by atoms with E-state index in [4.69, 9.17) is 0 Å². The van der Waals surface area contributed by atoms with Gasteiger partial charge in [-0.15, -0.1) is 0 Å². The molecule has 2 rings (SSSR count). The first-order valence-electron chi connectivity index (χ1n) is 5.16. The van der Waals surface area contributed by atoms with Crippen molar-refractivity contribution in [1.29, 1.82) is 0 Å². The zero-order chi connectivity index (χ0) is 10.2. The molecule has 0 bridgehead atoms. The highest BCUT2D eigenvalue weighted by Gasteiger charge is 2.54. The average molecular weight is 194 g/mol. The van der Waals surface area contributed by atoms with E-state index in [1.165, 1.54) is 6.07 Å². The van der Waals surface area contributed by atoms with E-state index in [1.807, 2.05) is 0 Å². The molecule has 14 heavy (non-hydrogen) atoms. The third-order valence-electron chi connectivity index (χ3n) is 3.05. The van der Waals surface area contributed by atoms with Gasteiger partial charge in [0, 0.05) is 5.56 Å². The lowest BCUT2D eigenvalue weighted by Gasteiger charge is -2.11. The Labute approximate surface area is 83.6 Å². The quantitative estimate of drug-likeness (QED) is 0.784. The van der Waals surface area contributed by atoms with Crippen LogP contribution < -0.4 is 0 Å². The summed E-state index contributed by atoms with van der Waals surface area (Å²) in [4.78, 5) is 0. The van der Waals surface area contributed by atoms with Gasteiger partial charge in [-0.05, 0) is 24.8 Å². The van der Waals surface area contributed by atoms with E-state index in [9.17, 15) is 9.50 Å². The second-order valence-corrected chi connectivity index (χ2v) is 4.09. The van der Waals surface area contributed by atoms with Gasteiger partial charge in [0.25, 0.3) is 0 Å². The van der Waals surface area contributed by atoms with E-state index in [1.54, 1.807) is 18.2 Å². The van der Waals surface area contributed by atoms with Crippen molar-refractivity contribution in [2.75, 3.05) is 0 Å². The minimum absolute atomic E-state index is 0.254. The molecule has 1 aromatic rings. The Morgan fingerprint density at radius 2 is 2.21 bits per heavy atom. The summed E-state index contributed by atoms with van der Waals surface area (Å²) in [7, 11) is 0. The van der Waals surface area contributed by atoms with Crippen molar-refractivity contribution in [3.63, 3.8) is 0 Å². The Morgan fingerprint density at radius 1 is 1.50 bits per heavy atom. The van der Waals surface area contributed by atoms with E-state index < -0.39 is 5.60 Å². The van der Waals surface area contributed by atoms with Gasteiger partial charge in [-0.2, -0.15) is 0 Å². The van der Waals surface area contributed by atoms with Crippen LogP contribution in [-0.2, 0) is 5.60 Å². The van der Waals surface area contributed by atoms with Crippen molar-refractivity contribution in [2.24, 2.45) is 5.92 Å². The molecule has 0 radical (unpaired) electrons. The first-order valence-corrected chi connectivity index (χ1v) is 5.16. The molecule has 1 aromatic carbocycles. The SMILES string of the molecule is CCCC1CC1(O)c1ccccc1F. The number of hydrogen-bond donors (Lipinski definition) is 1. The predicted molar refractivity (Wildman–Crippen MR) is 53.3 cm³/mol. The Bertz CT molecular complexity index is 337. The first kappa shape index (κ1) is 9.66. The molecule has 0 heterocycles. The maximum Gasteiger partial charge on any atom is 0.129 e. The molecule has 0 aliphatic heterocycles. The van der Waals surface area contributed by atoms with Crippen molar-refractivity contribution in [3.05, 3.63) is 35.6 Å². The van der Waals surface area contributed by atoms with Gasteiger partial charge in [0.2, 0.25) is 0 Å². The summed E-state index contributed by atoms with van der Waals surface area (Å²) in [5.74, 6) is -0.0296. The van der Waals surface area contributed by atoms with Crippen molar-refractivity contribution in [2.45, 2.75) is 31.8 Å². The van der Waals surface area contributed by atoms with Crippen LogP contribution in [0.15, 0.2) is 24.3 Å². The summed E-state index contributed by atoms with van der Waals surface area (Å²) in [6, 6.07) is 6.52. The summed E-state index contributed by atoms with van der Waals surface area (Å²) in [6.07, 6.45) is 2.73. The fourth-order valence-electron chi connectivity index (χ4n) is 2.15. The second kappa shape index (κ2) is 3.35. The van der Waals surface area contributed by atoms with Crippen LogP contribution in [0.3, 0.4) is 0 Å². The highest BCUT2D eigenvalue weighted by molar-refractivity contribution is 5.30. The van der Waals surface area contributed by atoms with Crippen LogP contribution in [0.25, 0.3) is 0 Å². The van der Waals surface area contributed by atoms with Crippen LogP contribution in [0.5, 0.6) is 0 Å². The lowest BCUT2D eigenvalue weighted by atomic mass is 10.0. The third kappa shape index (κ3) is 1.44. The maximum atomic E-state index is 13.4. The number of benzene rings is 1. The molecule has 2 unspecified atom stereocenters. The third-order valence-corrected chi connectivity index (χ3v) is 3.05. The monoisotopic (exact) mass is 194 g/mol. The van der Waals surface area contributed by atoms with Gasteiger partial charge in [-0.3, -0.25) is 0 Å². The Balaban J connectivity index is 2.21. The fourth-order valence-corrected chi connectivity index (χ4v) is 2.15. The first-order chi connectivity index (χ1) is 6.68. The minimum atomic E-state index is -0.874. The van der Waals surface area contributed by atoms with Gasteiger partial charge in [0.15, 0.2) is 0 Å². The lowest BCUT2D eigenvalue weighted by Crippen LogP contribution is -2.10. The molecule has 1 N–H and O–H groups in total. The molecule has 1 aliphatic rings. The number of hydrogen-bond acceptors (Lipinski definition) is 1. The normalized spacial score (nSPS) is 30.4. The van der Waals surface area contributed by atoms with E-state index in [-0.39, 0.29) is 11.7 Å². The van der Waals surface area contributed by atoms with Gasteiger partial charge in [0.05, 0.1) is 5.60 Å². The van der Waals surface area contributed by atoms with Crippen molar-refractivity contribution >= 4 is 0 Å². The number of halogens is 1. The molecule has 1 fully saturated rings. The zero-order valence-electron chi connectivity index (χ0n) is 8.33. The van der Waals surface area contributed by atoms with Crippen molar-refractivity contribution in [3.8, 4) is 0 Å². The smallest absolute Gasteiger partial charge is 0.129 e. The highest BCUT2D eigenvalue weighted by Crippen LogP contribution is 2.54. The van der Waals surface area contributed by atoms with E-state index in [0.717, 1.165) is 12.8 Å². The summed E-state index contributed by atoms with van der Waals surface area (Å²) in [5.41, 5.74) is -0.403. The minimum Gasteiger partial charge on any atom is -0.385 e. The molecule has 0 spiro atoms. The molecule has 1 aliphatic carbocycles. The highest BCUT2D eigenvalue weighted by atomic mass is 19.1. The van der Waals surface area contributed by atoms with Gasteiger partial charge in [-0.1, -0.05) is 31.5 Å². The van der Waals surface area contributed by atoms with Crippen LogP contribution >= 0.6 is 0 Å². The Kier molecular flexibility index (Phi) is 2.31. The Morgan fingerprint density at radius 3 is 2.86 bits per heavy atom. The van der Waals surface area contributed by atoms with Crippen LogP contribution in [0.1, 0.15) is 31.7 Å². The van der Waals surface area contributed by atoms with Crippen molar-refractivity contribution in [1.82, 2.24) is 0 Å². The summed E-state index contributed by atoms with van der Waals surface area (Å²) in [6.45, 7) is 2.08. The van der Waals surface area contributed by atoms with Gasteiger partial charge >= 0.3 is 0 Å². The maximum absolute atomic E-state index is 13.4. The molecule has 76 valence electrons. The molecule has 0 saturated heterocycles. The van der Waals surface area contributed by atoms with E-state index in [2.05, 4.69) is 6.92 Å². The van der Waals surface area contributed by atoms with Gasteiger partial charge in [0.1, 0.15) is 5.82 Å². The van der Waals surface area contributed by atoms with Gasteiger partial charge in [-0.25, -0.2) is 4.39 Å². The summed E-state index contributed by atoms with van der Waals surface area (Å²) in [5, 5.41) is 10.1. The average Bonchev–Trinajstić information content (AvgIpc) is 2.79. The molecule has 0 aromatic heterocycles. The largest absolute Gasteiger partial charge is 0.385 e. The topological polar surface area (TPSA) is 20.2 Å². The lowest BCUT2D eigenvalue weighted by molar-refractivity contribution is 0.124.